The van der Waals surface area contributed by atoms with E-state index in [-0.39, 0.29) is 17.8 Å². The summed E-state index contributed by atoms with van der Waals surface area (Å²) in [4.78, 5) is 11.4. The minimum atomic E-state index is -0.909. The van der Waals surface area contributed by atoms with Crippen molar-refractivity contribution < 1.29 is 9.90 Å². The van der Waals surface area contributed by atoms with Crippen molar-refractivity contribution in [1.82, 2.24) is 5.32 Å². The first-order valence-electron chi connectivity index (χ1n) is 7.81. The molecule has 1 saturated heterocycles. The van der Waals surface area contributed by atoms with Crippen molar-refractivity contribution in [2.24, 2.45) is 11.3 Å². The molecule has 4 nitrogen and oxygen atoms in total. The molecule has 124 valence electrons. The number of nitriles is 1. The fraction of sp³-hybridized carbons (Fsp3) is 0.556. The molecule has 0 amide bonds. The van der Waals surface area contributed by atoms with E-state index in [1.807, 2.05) is 12.1 Å². The number of rotatable bonds is 3. The van der Waals surface area contributed by atoms with Gasteiger partial charge in [0.05, 0.1) is 11.5 Å². The fourth-order valence-corrected chi connectivity index (χ4v) is 3.61. The highest BCUT2D eigenvalue weighted by Crippen LogP contribution is 2.44. The summed E-state index contributed by atoms with van der Waals surface area (Å²) in [5, 5.41) is 23.1. The van der Waals surface area contributed by atoms with Crippen LogP contribution in [0, 0.1) is 22.7 Å². The summed E-state index contributed by atoms with van der Waals surface area (Å²) in [6.07, 6.45) is 1.10. The molecular weight excluding hydrogens is 312 g/mol. The van der Waals surface area contributed by atoms with E-state index in [0.717, 1.165) is 12.0 Å². The lowest BCUT2D eigenvalue weighted by Crippen LogP contribution is -2.55. The van der Waals surface area contributed by atoms with Crippen LogP contribution < -0.4 is 5.32 Å². The lowest BCUT2D eigenvalue weighted by Gasteiger charge is -2.44. The van der Waals surface area contributed by atoms with Gasteiger partial charge in [0, 0.05) is 11.6 Å². The van der Waals surface area contributed by atoms with Crippen LogP contribution >= 0.6 is 11.6 Å². The van der Waals surface area contributed by atoms with E-state index in [0.29, 0.717) is 11.6 Å². The first-order chi connectivity index (χ1) is 10.7. The Kier molecular flexibility index (Phi) is 5.03. The second-order valence-electron chi connectivity index (χ2n) is 7.55. The number of nitrogens with one attached hydrogen (secondary N) is 1. The number of hydrogen-bond acceptors (Lipinski definition) is 3. The zero-order valence-corrected chi connectivity index (χ0v) is 14.5. The zero-order valence-electron chi connectivity index (χ0n) is 13.8. The molecule has 2 N–H and O–H groups in total. The molecule has 1 aliphatic heterocycles. The molecule has 0 aromatic heterocycles. The van der Waals surface area contributed by atoms with E-state index in [1.165, 1.54) is 0 Å². The molecule has 1 aromatic carbocycles. The molecule has 1 fully saturated rings. The molecule has 1 aromatic rings. The summed E-state index contributed by atoms with van der Waals surface area (Å²) < 4.78 is 0. The summed E-state index contributed by atoms with van der Waals surface area (Å²) in [5.41, 5.74) is 0.0923. The third-order valence-electron chi connectivity index (χ3n) is 4.55. The van der Waals surface area contributed by atoms with Gasteiger partial charge < -0.3 is 10.4 Å². The Labute approximate surface area is 142 Å². The van der Waals surface area contributed by atoms with Gasteiger partial charge in [-0.1, -0.05) is 44.5 Å². The van der Waals surface area contributed by atoms with Crippen LogP contribution in [0.25, 0.3) is 0 Å². The molecule has 0 spiro atoms. The quantitative estimate of drug-likeness (QED) is 0.885. The molecule has 0 bridgehead atoms. The molecule has 0 aliphatic carbocycles. The Bertz CT molecular complexity index is 615. The molecule has 2 rings (SSSR count). The third-order valence-corrected chi connectivity index (χ3v) is 4.80. The summed E-state index contributed by atoms with van der Waals surface area (Å²) >= 11 is 5.97. The van der Waals surface area contributed by atoms with Crippen LogP contribution in [0.1, 0.15) is 39.2 Å². The monoisotopic (exact) mass is 334 g/mol. The Morgan fingerprint density at radius 1 is 1.43 bits per heavy atom. The highest BCUT2D eigenvalue weighted by Gasteiger charge is 2.48. The average molecular weight is 335 g/mol. The molecule has 3 unspecified atom stereocenters. The zero-order chi connectivity index (χ0) is 17.3. The first kappa shape index (κ1) is 17.8. The van der Waals surface area contributed by atoms with E-state index in [9.17, 15) is 15.2 Å². The van der Waals surface area contributed by atoms with Crippen molar-refractivity contribution in [2.45, 2.75) is 45.1 Å². The van der Waals surface area contributed by atoms with E-state index in [2.05, 4.69) is 32.2 Å². The Morgan fingerprint density at radius 3 is 2.52 bits per heavy atom. The molecule has 0 saturated carbocycles. The van der Waals surface area contributed by atoms with Gasteiger partial charge in [-0.2, -0.15) is 5.26 Å². The number of nitrogens with zero attached hydrogens (tertiary/aromatic N) is 1. The number of carboxylic acids is 1. The van der Waals surface area contributed by atoms with Gasteiger partial charge in [-0.05, 0) is 41.9 Å². The molecule has 1 aliphatic rings. The minimum absolute atomic E-state index is 0.0456. The number of piperidine rings is 1. The van der Waals surface area contributed by atoms with Gasteiger partial charge in [-0.25, -0.2) is 0 Å². The van der Waals surface area contributed by atoms with Crippen LogP contribution in [0.5, 0.6) is 0 Å². The molecule has 1 heterocycles. The highest BCUT2D eigenvalue weighted by molar-refractivity contribution is 6.30. The Balaban J connectivity index is 2.47. The van der Waals surface area contributed by atoms with Crippen molar-refractivity contribution in [1.29, 1.82) is 5.26 Å². The van der Waals surface area contributed by atoms with Gasteiger partial charge in [0.1, 0.15) is 6.04 Å². The maximum absolute atomic E-state index is 11.4. The third kappa shape index (κ3) is 3.85. The number of aliphatic carboxylic acids is 1. The maximum Gasteiger partial charge on any atom is 0.320 e. The highest BCUT2D eigenvalue weighted by atomic mass is 35.5. The van der Waals surface area contributed by atoms with E-state index in [1.54, 1.807) is 12.1 Å². The number of carbonyl (C=O) groups is 1. The number of hydrogen-bond donors (Lipinski definition) is 2. The van der Waals surface area contributed by atoms with E-state index < -0.39 is 17.4 Å². The van der Waals surface area contributed by atoms with Gasteiger partial charge in [0.25, 0.3) is 0 Å². The topological polar surface area (TPSA) is 73.1 Å². The lowest BCUT2D eigenvalue weighted by molar-refractivity contribution is -0.141. The predicted octanol–water partition coefficient (Wildman–Crippen LogP) is 3.60. The van der Waals surface area contributed by atoms with Crippen molar-refractivity contribution in [3.05, 3.63) is 34.9 Å². The molecular formula is C18H23ClN2O2. The van der Waals surface area contributed by atoms with Crippen molar-refractivity contribution in [2.75, 3.05) is 6.54 Å². The van der Waals surface area contributed by atoms with Crippen LogP contribution in [-0.2, 0) is 10.2 Å². The molecule has 3 atom stereocenters. The van der Waals surface area contributed by atoms with Crippen LogP contribution in [0.3, 0.4) is 0 Å². The van der Waals surface area contributed by atoms with Crippen molar-refractivity contribution >= 4 is 17.6 Å². The van der Waals surface area contributed by atoms with Gasteiger partial charge in [0.2, 0.25) is 0 Å². The van der Waals surface area contributed by atoms with E-state index >= 15 is 0 Å². The van der Waals surface area contributed by atoms with Gasteiger partial charge in [-0.3, -0.25) is 4.79 Å². The van der Waals surface area contributed by atoms with Gasteiger partial charge in [-0.15, -0.1) is 0 Å². The molecule has 0 radical (unpaired) electrons. The van der Waals surface area contributed by atoms with E-state index in [4.69, 9.17) is 11.6 Å². The van der Waals surface area contributed by atoms with Crippen molar-refractivity contribution in [3.63, 3.8) is 0 Å². The standard InChI is InChI=1S/C18H23ClN2O2/c1-17(2,3)8-13-10-21-15(16(22)23)9-18(13,11-20)12-4-6-14(19)7-5-12/h4-7,13,15,21H,8-10H2,1-3H3,(H,22,23). The second-order valence-corrected chi connectivity index (χ2v) is 7.99. The number of halogens is 1. The normalized spacial score (nSPS) is 28.1. The van der Waals surface area contributed by atoms with Gasteiger partial charge in [0.15, 0.2) is 0 Å². The summed E-state index contributed by atoms with van der Waals surface area (Å²) in [5.74, 6) is -0.864. The first-order valence-corrected chi connectivity index (χ1v) is 8.19. The second kappa shape index (κ2) is 6.51. The Hall–Kier alpha value is -1.57. The van der Waals surface area contributed by atoms with Crippen LogP contribution in [0.15, 0.2) is 24.3 Å². The van der Waals surface area contributed by atoms with Crippen LogP contribution in [0.4, 0.5) is 0 Å². The largest absolute Gasteiger partial charge is 0.480 e. The summed E-state index contributed by atoms with van der Waals surface area (Å²) in [6, 6.07) is 8.99. The SMILES string of the molecule is CC(C)(C)CC1CNC(C(=O)O)CC1(C#N)c1ccc(Cl)cc1. The van der Waals surface area contributed by atoms with Gasteiger partial charge >= 0.3 is 5.97 Å². The average Bonchev–Trinajstić information content (AvgIpc) is 2.47. The lowest BCUT2D eigenvalue weighted by atomic mass is 9.61. The maximum atomic E-state index is 11.4. The number of benzene rings is 1. The predicted molar refractivity (Wildman–Crippen MR) is 90.3 cm³/mol. The molecule has 23 heavy (non-hydrogen) atoms. The summed E-state index contributed by atoms with van der Waals surface area (Å²) in [6.45, 7) is 6.94. The fourth-order valence-electron chi connectivity index (χ4n) is 3.48. The van der Waals surface area contributed by atoms with Crippen LogP contribution in [0.2, 0.25) is 5.02 Å². The molecule has 5 heteroatoms. The number of carboxylic acid groups (broad SMARTS) is 1. The van der Waals surface area contributed by atoms with Crippen LogP contribution in [-0.4, -0.2) is 23.7 Å². The van der Waals surface area contributed by atoms with Crippen molar-refractivity contribution in [3.8, 4) is 6.07 Å². The Morgan fingerprint density at radius 2 is 2.04 bits per heavy atom. The summed E-state index contributed by atoms with van der Waals surface area (Å²) in [7, 11) is 0. The minimum Gasteiger partial charge on any atom is -0.480 e. The smallest absolute Gasteiger partial charge is 0.320 e.